The van der Waals surface area contributed by atoms with Crippen molar-refractivity contribution in [2.75, 3.05) is 5.32 Å². The third-order valence-electron chi connectivity index (χ3n) is 2.83. The van der Waals surface area contributed by atoms with Crippen LogP contribution in [0.5, 0.6) is 5.75 Å². The predicted octanol–water partition coefficient (Wildman–Crippen LogP) is 4.36. The van der Waals surface area contributed by atoms with Gasteiger partial charge in [0.25, 0.3) is 5.91 Å². The molecule has 0 unspecified atom stereocenters. The number of carbonyl (C=O) groups is 1. The minimum absolute atomic E-state index is 0.124. The fourth-order valence-corrected chi connectivity index (χ4v) is 2.54. The number of hydrogen-bond donors (Lipinski definition) is 2. The van der Waals surface area contributed by atoms with E-state index in [0.29, 0.717) is 5.56 Å². The van der Waals surface area contributed by atoms with Crippen LogP contribution in [0.25, 0.3) is 0 Å². The number of thiocarbonyl (C=S) groups is 1. The fourth-order valence-electron chi connectivity index (χ4n) is 1.87. The molecule has 0 aliphatic carbocycles. The highest BCUT2D eigenvalue weighted by Crippen LogP contribution is 2.17. The molecule has 2 rings (SSSR count). The molecule has 23 heavy (non-hydrogen) atoms. The summed E-state index contributed by atoms with van der Waals surface area (Å²) in [6.45, 7) is 3.94. The summed E-state index contributed by atoms with van der Waals surface area (Å²) in [4.78, 5) is 12.2. The zero-order valence-corrected chi connectivity index (χ0v) is 15.2. The van der Waals surface area contributed by atoms with Gasteiger partial charge < -0.3 is 10.1 Å². The molecule has 4 nitrogen and oxygen atoms in total. The Labute approximate surface area is 149 Å². The van der Waals surface area contributed by atoms with Gasteiger partial charge >= 0.3 is 0 Å². The van der Waals surface area contributed by atoms with Crippen molar-refractivity contribution in [2.24, 2.45) is 0 Å². The predicted molar refractivity (Wildman–Crippen MR) is 100 cm³/mol. The van der Waals surface area contributed by atoms with Crippen LogP contribution in [-0.2, 0) is 0 Å². The van der Waals surface area contributed by atoms with Crippen LogP contribution in [0.15, 0.2) is 53.0 Å². The van der Waals surface area contributed by atoms with Gasteiger partial charge in [-0.15, -0.1) is 0 Å². The summed E-state index contributed by atoms with van der Waals surface area (Å²) < 4.78 is 6.29. The second kappa shape index (κ2) is 8.08. The maximum Gasteiger partial charge on any atom is 0.258 e. The Hall–Kier alpha value is -1.92. The Kier molecular flexibility index (Phi) is 6.12. The molecule has 1 amide bonds. The van der Waals surface area contributed by atoms with E-state index in [2.05, 4.69) is 26.6 Å². The molecule has 0 aliphatic rings. The summed E-state index contributed by atoms with van der Waals surface area (Å²) in [6, 6.07) is 14.5. The van der Waals surface area contributed by atoms with Crippen molar-refractivity contribution in [1.29, 1.82) is 0 Å². The van der Waals surface area contributed by atoms with Gasteiger partial charge in [-0.1, -0.05) is 12.1 Å². The van der Waals surface area contributed by atoms with Crippen LogP contribution in [0.1, 0.15) is 24.2 Å². The van der Waals surface area contributed by atoms with Crippen LogP contribution in [0.4, 0.5) is 5.69 Å². The van der Waals surface area contributed by atoms with Crippen LogP contribution in [0, 0.1) is 0 Å². The SMILES string of the molecule is CC(C)Oc1ccc(NC(=S)NC(=O)c2ccccc2Br)cc1. The van der Waals surface area contributed by atoms with Crippen molar-refractivity contribution in [2.45, 2.75) is 20.0 Å². The van der Waals surface area contributed by atoms with Crippen molar-refractivity contribution >= 4 is 44.9 Å². The molecule has 2 N–H and O–H groups in total. The van der Waals surface area contributed by atoms with Crippen molar-refractivity contribution < 1.29 is 9.53 Å². The maximum absolute atomic E-state index is 12.2. The monoisotopic (exact) mass is 392 g/mol. The molecule has 0 atom stereocenters. The van der Waals surface area contributed by atoms with Crippen LogP contribution in [0.3, 0.4) is 0 Å². The third-order valence-corrected chi connectivity index (χ3v) is 3.73. The summed E-state index contributed by atoms with van der Waals surface area (Å²) in [5, 5.41) is 5.86. The van der Waals surface area contributed by atoms with Gasteiger partial charge in [-0.25, -0.2) is 0 Å². The van der Waals surface area contributed by atoms with E-state index in [1.807, 2.05) is 44.2 Å². The Morgan fingerprint density at radius 1 is 1.13 bits per heavy atom. The lowest BCUT2D eigenvalue weighted by Crippen LogP contribution is -2.34. The summed E-state index contributed by atoms with van der Waals surface area (Å²) in [5.74, 6) is 0.517. The number of nitrogens with one attached hydrogen (secondary N) is 2. The molecular weight excluding hydrogens is 376 g/mol. The molecular formula is C17H17BrN2O2S. The molecule has 120 valence electrons. The number of anilines is 1. The molecule has 0 heterocycles. The van der Waals surface area contributed by atoms with E-state index in [0.717, 1.165) is 15.9 Å². The summed E-state index contributed by atoms with van der Waals surface area (Å²) in [5.41, 5.74) is 1.30. The van der Waals surface area contributed by atoms with Crippen molar-refractivity contribution in [3.63, 3.8) is 0 Å². The van der Waals surface area contributed by atoms with E-state index < -0.39 is 0 Å². The Morgan fingerprint density at radius 3 is 2.39 bits per heavy atom. The second-order valence-corrected chi connectivity index (χ2v) is 6.34. The first-order valence-corrected chi connectivity index (χ1v) is 8.29. The van der Waals surface area contributed by atoms with Gasteiger partial charge in [-0.05, 0) is 78.4 Å². The topological polar surface area (TPSA) is 50.4 Å². The van der Waals surface area contributed by atoms with Crippen LogP contribution < -0.4 is 15.4 Å². The van der Waals surface area contributed by atoms with E-state index >= 15 is 0 Å². The highest BCUT2D eigenvalue weighted by atomic mass is 79.9. The summed E-state index contributed by atoms with van der Waals surface area (Å²) in [7, 11) is 0. The molecule has 0 aromatic heterocycles. The van der Waals surface area contributed by atoms with E-state index in [9.17, 15) is 4.79 Å². The van der Waals surface area contributed by atoms with E-state index in [1.165, 1.54) is 0 Å². The molecule has 0 aliphatic heterocycles. The van der Waals surface area contributed by atoms with E-state index in [-0.39, 0.29) is 17.1 Å². The van der Waals surface area contributed by atoms with Crippen LogP contribution in [-0.4, -0.2) is 17.1 Å². The number of rotatable bonds is 4. The lowest BCUT2D eigenvalue weighted by Gasteiger charge is -2.12. The zero-order chi connectivity index (χ0) is 16.8. The summed E-state index contributed by atoms with van der Waals surface area (Å²) >= 11 is 8.51. The Balaban J connectivity index is 1.94. The minimum atomic E-state index is -0.269. The largest absolute Gasteiger partial charge is 0.491 e. The quantitative estimate of drug-likeness (QED) is 0.758. The first-order chi connectivity index (χ1) is 11.0. The summed E-state index contributed by atoms with van der Waals surface area (Å²) in [6.07, 6.45) is 0.124. The average Bonchev–Trinajstić information content (AvgIpc) is 2.49. The molecule has 0 spiro atoms. The van der Waals surface area contributed by atoms with Gasteiger partial charge in [-0.3, -0.25) is 10.1 Å². The molecule has 0 saturated carbocycles. The van der Waals surface area contributed by atoms with Crippen molar-refractivity contribution in [1.82, 2.24) is 5.32 Å². The Morgan fingerprint density at radius 2 is 1.78 bits per heavy atom. The highest BCUT2D eigenvalue weighted by Gasteiger charge is 2.10. The second-order valence-electron chi connectivity index (χ2n) is 5.08. The Bertz CT molecular complexity index is 702. The molecule has 0 radical (unpaired) electrons. The van der Waals surface area contributed by atoms with Gasteiger partial charge in [-0.2, -0.15) is 0 Å². The lowest BCUT2D eigenvalue weighted by atomic mass is 10.2. The average molecular weight is 393 g/mol. The number of amides is 1. The first-order valence-electron chi connectivity index (χ1n) is 7.09. The van der Waals surface area contributed by atoms with Gasteiger partial charge in [0.1, 0.15) is 5.75 Å². The molecule has 0 saturated heterocycles. The number of hydrogen-bond acceptors (Lipinski definition) is 3. The van der Waals surface area contributed by atoms with Crippen LogP contribution >= 0.6 is 28.1 Å². The molecule has 0 bridgehead atoms. The van der Waals surface area contributed by atoms with Gasteiger partial charge in [0, 0.05) is 10.2 Å². The normalized spacial score (nSPS) is 10.3. The highest BCUT2D eigenvalue weighted by molar-refractivity contribution is 9.10. The van der Waals surface area contributed by atoms with E-state index in [4.69, 9.17) is 17.0 Å². The van der Waals surface area contributed by atoms with E-state index in [1.54, 1.807) is 18.2 Å². The maximum atomic E-state index is 12.2. The standard InChI is InChI=1S/C17H17BrN2O2S/c1-11(2)22-13-9-7-12(8-10-13)19-17(23)20-16(21)14-5-3-4-6-15(14)18/h3-11H,1-2H3,(H2,19,20,21,23). The number of halogens is 1. The number of ether oxygens (including phenoxy) is 1. The third kappa shape index (κ3) is 5.33. The molecule has 2 aromatic rings. The minimum Gasteiger partial charge on any atom is -0.491 e. The molecule has 6 heteroatoms. The fraction of sp³-hybridized carbons (Fsp3) is 0.176. The number of carbonyl (C=O) groups excluding carboxylic acids is 1. The van der Waals surface area contributed by atoms with Crippen molar-refractivity contribution in [3.05, 3.63) is 58.6 Å². The number of benzene rings is 2. The smallest absolute Gasteiger partial charge is 0.258 e. The van der Waals surface area contributed by atoms with Gasteiger partial charge in [0.05, 0.1) is 11.7 Å². The first kappa shape index (κ1) is 17.4. The van der Waals surface area contributed by atoms with Gasteiger partial charge in [0.2, 0.25) is 0 Å². The van der Waals surface area contributed by atoms with Crippen LogP contribution in [0.2, 0.25) is 0 Å². The zero-order valence-electron chi connectivity index (χ0n) is 12.8. The van der Waals surface area contributed by atoms with Gasteiger partial charge in [0.15, 0.2) is 5.11 Å². The lowest BCUT2D eigenvalue weighted by molar-refractivity contribution is 0.0977. The molecule has 2 aromatic carbocycles. The van der Waals surface area contributed by atoms with Crippen molar-refractivity contribution in [3.8, 4) is 5.75 Å². The molecule has 0 fully saturated rings.